The Morgan fingerprint density at radius 3 is 2.62 bits per heavy atom. The van der Waals surface area contributed by atoms with Crippen molar-refractivity contribution in [3.63, 3.8) is 0 Å². The molecule has 0 radical (unpaired) electrons. The topological polar surface area (TPSA) is 104 Å². The van der Waals surface area contributed by atoms with E-state index in [2.05, 4.69) is 49.2 Å². The third-order valence-electron chi connectivity index (χ3n) is 5.66. The predicted molar refractivity (Wildman–Crippen MR) is 122 cm³/mol. The Labute approximate surface area is 189 Å². The number of hydrogen-bond acceptors (Lipinski definition) is 4. The summed E-state index contributed by atoms with van der Waals surface area (Å²) in [6.45, 7) is 9.31. The lowest BCUT2D eigenvalue weighted by Crippen LogP contribution is -2.55. The molecule has 10 heteroatoms. The molecule has 3 rings (SSSR count). The fourth-order valence-corrected chi connectivity index (χ4v) is 4.07. The van der Waals surface area contributed by atoms with Gasteiger partial charge in [0.15, 0.2) is 5.96 Å². The summed E-state index contributed by atoms with van der Waals surface area (Å²) in [6.07, 6.45) is 5.46. The Morgan fingerprint density at radius 1 is 1.38 bits per heavy atom. The van der Waals surface area contributed by atoms with Crippen molar-refractivity contribution >= 4 is 41.9 Å². The third-order valence-corrected chi connectivity index (χ3v) is 5.66. The average Bonchev–Trinajstić information content (AvgIpc) is 3.19. The van der Waals surface area contributed by atoms with Gasteiger partial charge in [0.05, 0.1) is 6.54 Å². The summed E-state index contributed by atoms with van der Waals surface area (Å²) in [5.41, 5.74) is -0.818. The molecule has 3 N–H and O–H groups in total. The maximum Gasteiger partial charge on any atom is 0.322 e. The van der Waals surface area contributed by atoms with Gasteiger partial charge in [0.25, 0.3) is 5.91 Å². The highest BCUT2D eigenvalue weighted by Crippen LogP contribution is 2.30. The van der Waals surface area contributed by atoms with Crippen molar-refractivity contribution in [2.45, 2.75) is 52.2 Å². The molecule has 9 nitrogen and oxygen atoms in total. The molecule has 162 valence electrons. The van der Waals surface area contributed by atoms with Crippen LogP contribution in [0.5, 0.6) is 0 Å². The molecular weight excluding hydrogens is 485 g/mol. The fourth-order valence-electron chi connectivity index (χ4n) is 4.07. The Kier molecular flexibility index (Phi) is 7.89. The van der Waals surface area contributed by atoms with Crippen LogP contribution in [0.25, 0.3) is 0 Å². The number of imidazole rings is 1. The van der Waals surface area contributed by atoms with Gasteiger partial charge in [-0.25, -0.2) is 9.78 Å². The number of aromatic nitrogens is 2. The van der Waals surface area contributed by atoms with Crippen molar-refractivity contribution in [2.24, 2.45) is 16.8 Å². The number of amides is 3. The summed E-state index contributed by atoms with van der Waals surface area (Å²) in [5, 5.41) is 8.56. The number of piperidine rings is 1. The number of urea groups is 1. The number of nitrogens with one attached hydrogen (secondary N) is 3. The van der Waals surface area contributed by atoms with Crippen LogP contribution in [0.15, 0.2) is 17.4 Å². The summed E-state index contributed by atoms with van der Waals surface area (Å²) in [7, 11) is 1.78. The quantitative estimate of drug-likeness (QED) is 0.238. The number of nitrogens with zero attached hydrogens (tertiary/aromatic N) is 4. The van der Waals surface area contributed by atoms with Gasteiger partial charge in [-0.15, -0.1) is 24.0 Å². The van der Waals surface area contributed by atoms with Gasteiger partial charge in [-0.3, -0.25) is 15.1 Å². The van der Waals surface area contributed by atoms with Gasteiger partial charge in [-0.05, 0) is 31.6 Å². The molecule has 3 amide bonds. The second kappa shape index (κ2) is 9.77. The second-order valence-electron chi connectivity index (χ2n) is 8.16. The van der Waals surface area contributed by atoms with Crippen molar-refractivity contribution < 1.29 is 9.59 Å². The molecule has 1 unspecified atom stereocenters. The first kappa shape index (κ1) is 23.4. The van der Waals surface area contributed by atoms with Crippen LogP contribution in [0.3, 0.4) is 0 Å². The van der Waals surface area contributed by atoms with E-state index < -0.39 is 11.6 Å². The highest BCUT2D eigenvalue weighted by atomic mass is 127. The van der Waals surface area contributed by atoms with E-state index in [1.807, 2.05) is 19.3 Å². The van der Waals surface area contributed by atoms with Crippen LogP contribution in [-0.2, 0) is 17.9 Å². The normalized spacial score (nSPS) is 23.1. The van der Waals surface area contributed by atoms with Gasteiger partial charge in [-0.1, -0.05) is 13.8 Å². The summed E-state index contributed by atoms with van der Waals surface area (Å²) < 4.78 is 2.17. The van der Waals surface area contributed by atoms with Gasteiger partial charge in [0.2, 0.25) is 0 Å². The highest BCUT2D eigenvalue weighted by molar-refractivity contribution is 14.0. The molecule has 0 saturated carbocycles. The number of halogens is 1. The molecule has 0 aliphatic carbocycles. The van der Waals surface area contributed by atoms with E-state index in [4.69, 9.17) is 0 Å². The molecule has 2 aliphatic rings. The lowest BCUT2D eigenvalue weighted by Gasteiger charge is -2.39. The minimum absolute atomic E-state index is 0. The maximum atomic E-state index is 12.2. The molecule has 3 heterocycles. The lowest BCUT2D eigenvalue weighted by atomic mass is 9.79. The van der Waals surface area contributed by atoms with Gasteiger partial charge in [0, 0.05) is 39.1 Å². The Bertz CT molecular complexity index is 755. The highest BCUT2D eigenvalue weighted by Gasteiger charge is 2.48. The largest absolute Gasteiger partial charge is 0.349 e. The minimum Gasteiger partial charge on any atom is -0.349 e. The van der Waals surface area contributed by atoms with E-state index in [0.29, 0.717) is 12.5 Å². The van der Waals surface area contributed by atoms with Gasteiger partial charge < -0.3 is 20.1 Å². The third kappa shape index (κ3) is 5.20. The minimum atomic E-state index is -0.818. The van der Waals surface area contributed by atoms with Crippen LogP contribution in [0.4, 0.5) is 4.79 Å². The van der Waals surface area contributed by atoms with Crippen LogP contribution < -0.4 is 16.0 Å². The van der Waals surface area contributed by atoms with Crippen LogP contribution in [0.1, 0.15) is 39.4 Å². The van der Waals surface area contributed by atoms with Crippen molar-refractivity contribution in [2.75, 3.05) is 20.1 Å². The molecule has 0 aromatic carbocycles. The molecule has 1 aromatic heterocycles. The summed E-state index contributed by atoms with van der Waals surface area (Å²) in [6, 6.07) is -0.399. The number of aliphatic imine (C=N–C) groups is 1. The van der Waals surface area contributed by atoms with Crippen molar-refractivity contribution in [3.05, 3.63) is 18.2 Å². The van der Waals surface area contributed by atoms with Crippen LogP contribution in [-0.4, -0.2) is 58.0 Å². The van der Waals surface area contributed by atoms with Crippen LogP contribution in [0, 0.1) is 11.8 Å². The van der Waals surface area contributed by atoms with Gasteiger partial charge in [-0.2, -0.15) is 0 Å². The molecule has 2 saturated heterocycles. The second-order valence-corrected chi connectivity index (χ2v) is 8.16. The monoisotopic (exact) mass is 517 g/mol. The van der Waals surface area contributed by atoms with Crippen LogP contribution >= 0.6 is 24.0 Å². The zero-order valence-corrected chi connectivity index (χ0v) is 19.9. The molecule has 2 aliphatic heterocycles. The van der Waals surface area contributed by atoms with E-state index in [1.165, 1.54) is 0 Å². The SMILES string of the molecule is CN=C(NCc1nccn1CC(C)C)N1CCC(C2(C)NC(=O)NC2=O)CC1.I. The van der Waals surface area contributed by atoms with E-state index in [0.717, 1.165) is 44.3 Å². The summed E-state index contributed by atoms with van der Waals surface area (Å²) in [4.78, 5) is 34.8. The summed E-state index contributed by atoms with van der Waals surface area (Å²) in [5.74, 6) is 2.26. The first-order valence-electron chi connectivity index (χ1n) is 9.92. The molecule has 0 spiro atoms. The molecular formula is C19H32IN7O2. The first-order chi connectivity index (χ1) is 13.3. The molecule has 1 aromatic rings. The Balaban J connectivity index is 0.00000300. The van der Waals surface area contributed by atoms with E-state index in [-0.39, 0.29) is 35.8 Å². The number of carbonyl (C=O) groups excluding carboxylic acids is 2. The molecule has 0 bridgehead atoms. The zero-order valence-electron chi connectivity index (χ0n) is 17.6. The van der Waals surface area contributed by atoms with E-state index in [1.54, 1.807) is 7.05 Å². The van der Waals surface area contributed by atoms with Crippen molar-refractivity contribution in [1.82, 2.24) is 30.4 Å². The zero-order chi connectivity index (χ0) is 20.3. The lowest BCUT2D eigenvalue weighted by molar-refractivity contribution is -0.125. The number of imide groups is 1. The Hall–Kier alpha value is -1.85. The smallest absolute Gasteiger partial charge is 0.322 e. The number of guanidine groups is 1. The van der Waals surface area contributed by atoms with E-state index >= 15 is 0 Å². The number of rotatable bonds is 5. The maximum absolute atomic E-state index is 12.2. The average molecular weight is 517 g/mol. The fraction of sp³-hybridized carbons (Fsp3) is 0.684. The van der Waals surface area contributed by atoms with Crippen LogP contribution in [0.2, 0.25) is 0 Å². The number of hydrogen-bond donors (Lipinski definition) is 3. The first-order valence-corrected chi connectivity index (χ1v) is 9.92. The number of carbonyl (C=O) groups is 2. The van der Waals surface area contributed by atoms with Gasteiger partial charge in [0.1, 0.15) is 11.4 Å². The summed E-state index contributed by atoms with van der Waals surface area (Å²) >= 11 is 0. The van der Waals surface area contributed by atoms with Gasteiger partial charge >= 0.3 is 6.03 Å². The number of likely N-dealkylation sites (tertiary alicyclic amines) is 1. The predicted octanol–water partition coefficient (Wildman–Crippen LogP) is 1.54. The molecule has 29 heavy (non-hydrogen) atoms. The Morgan fingerprint density at radius 2 is 2.07 bits per heavy atom. The molecule has 1 atom stereocenters. The van der Waals surface area contributed by atoms with Crippen molar-refractivity contribution in [1.29, 1.82) is 0 Å². The molecule has 2 fully saturated rings. The van der Waals surface area contributed by atoms with Crippen molar-refractivity contribution in [3.8, 4) is 0 Å². The standard InChI is InChI=1S/C19H31N7O2.HI/c1-13(2)12-26-10-7-21-15(26)11-22-17(20-4)25-8-5-14(6-9-25)19(3)16(27)23-18(28)24-19;/h7,10,13-14H,5-6,8-9,11-12H2,1-4H3,(H,20,22)(H2,23,24,27,28);1H. The van der Waals surface area contributed by atoms with E-state index in [9.17, 15) is 9.59 Å².